The van der Waals surface area contributed by atoms with Crippen LogP contribution in [0.3, 0.4) is 0 Å². The molecule has 1 atom stereocenters. The molecule has 1 aliphatic rings. The number of rotatable bonds is 4. The minimum absolute atomic E-state index is 0.436. The van der Waals surface area contributed by atoms with Gasteiger partial charge in [-0.25, -0.2) is 14.6 Å². The highest BCUT2D eigenvalue weighted by molar-refractivity contribution is 7.13. The van der Waals surface area contributed by atoms with Crippen LogP contribution in [0.5, 0.6) is 0 Å². The number of fused-ring (bicyclic) bond motifs is 1. The Bertz CT molecular complexity index is 792. The summed E-state index contributed by atoms with van der Waals surface area (Å²) in [7, 11) is 0. The van der Waals surface area contributed by atoms with Gasteiger partial charge in [-0.05, 0) is 13.3 Å². The summed E-state index contributed by atoms with van der Waals surface area (Å²) in [4.78, 5) is 9.19. The molecule has 2 aromatic heterocycles. The molecule has 6 heteroatoms. The van der Waals surface area contributed by atoms with Crippen LogP contribution in [-0.4, -0.2) is 25.8 Å². The molecule has 0 saturated heterocycles. The molecule has 118 valence electrons. The minimum atomic E-state index is 0.436. The maximum atomic E-state index is 4.73. The average Bonchev–Trinajstić information content (AvgIpc) is 3.18. The summed E-state index contributed by atoms with van der Waals surface area (Å²) < 4.78 is 2.03. The summed E-state index contributed by atoms with van der Waals surface area (Å²) in [5.41, 5.74) is 2.29. The second kappa shape index (κ2) is 6.22. The number of benzene rings is 1. The molecular formula is C17H19N5S. The van der Waals surface area contributed by atoms with Crippen molar-refractivity contribution in [2.75, 3.05) is 0 Å². The normalized spacial score (nSPS) is 17.2. The Morgan fingerprint density at radius 2 is 2.13 bits per heavy atom. The second-order valence-corrected chi connectivity index (χ2v) is 6.74. The first-order valence-electron chi connectivity index (χ1n) is 7.91. The van der Waals surface area contributed by atoms with Gasteiger partial charge in [0.25, 0.3) is 0 Å². The highest BCUT2D eigenvalue weighted by Gasteiger charge is 2.20. The summed E-state index contributed by atoms with van der Waals surface area (Å²) in [6.07, 6.45) is 2.10. The number of nitrogens with one attached hydrogen (secondary N) is 1. The average molecular weight is 325 g/mol. The maximum Gasteiger partial charge on any atom is 0.147 e. The van der Waals surface area contributed by atoms with E-state index in [0.29, 0.717) is 6.04 Å². The molecule has 1 aromatic carbocycles. The molecule has 23 heavy (non-hydrogen) atoms. The smallest absolute Gasteiger partial charge is 0.147 e. The third-order valence-corrected chi connectivity index (χ3v) is 5.05. The molecular weight excluding hydrogens is 306 g/mol. The topological polar surface area (TPSA) is 55.6 Å². The first kappa shape index (κ1) is 14.5. The molecule has 0 saturated carbocycles. The quantitative estimate of drug-likeness (QED) is 0.801. The lowest BCUT2D eigenvalue weighted by molar-refractivity contribution is 0.356. The van der Waals surface area contributed by atoms with Crippen LogP contribution in [-0.2, 0) is 19.5 Å². The Morgan fingerprint density at radius 3 is 3.00 bits per heavy atom. The minimum Gasteiger partial charge on any atom is -0.306 e. The van der Waals surface area contributed by atoms with Gasteiger partial charge in [0.2, 0.25) is 0 Å². The van der Waals surface area contributed by atoms with Crippen molar-refractivity contribution in [2.45, 2.75) is 38.9 Å². The summed E-state index contributed by atoms with van der Waals surface area (Å²) in [5, 5.41) is 11.3. The molecule has 0 amide bonds. The molecule has 0 radical (unpaired) electrons. The van der Waals surface area contributed by atoms with Crippen LogP contribution in [0.1, 0.15) is 23.8 Å². The van der Waals surface area contributed by atoms with Gasteiger partial charge in [0.15, 0.2) is 0 Å². The van der Waals surface area contributed by atoms with Crippen LogP contribution in [0, 0.1) is 6.92 Å². The zero-order chi connectivity index (χ0) is 15.6. The van der Waals surface area contributed by atoms with Crippen molar-refractivity contribution >= 4 is 11.3 Å². The third-order valence-electron chi connectivity index (χ3n) is 4.11. The Labute approximate surface area is 139 Å². The molecule has 0 fully saturated rings. The highest BCUT2D eigenvalue weighted by Crippen LogP contribution is 2.23. The van der Waals surface area contributed by atoms with Crippen LogP contribution < -0.4 is 5.32 Å². The Balaban J connectivity index is 1.38. The van der Waals surface area contributed by atoms with Crippen molar-refractivity contribution < 1.29 is 0 Å². The fraction of sp³-hybridized carbons (Fsp3) is 0.353. The van der Waals surface area contributed by atoms with E-state index in [9.17, 15) is 0 Å². The standard InChI is InChI=1S/C17H19N5S/c1-12-19-16-8-7-14(10-22(16)21-12)18-9-15-11-23-17(20-15)13-5-3-2-4-6-13/h2-6,11,14,18H,7-10H2,1H3. The maximum absolute atomic E-state index is 4.73. The lowest BCUT2D eigenvalue weighted by Gasteiger charge is -2.23. The van der Waals surface area contributed by atoms with Crippen molar-refractivity contribution in [3.63, 3.8) is 0 Å². The number of thiazole rings is 1. The number of hydrogen-bond acceptors (Lipinski definition) is 5. The van der Waals surface area contributed by atoms with E-state index in [4.69, 9.17) is 4.98 Å². The Kier molecular flexibility index (Phi) is 3.93. The van der Waals surface area contributed by atoms with Crippen LogP contribution in [0.15, 0.2) is 35.7 Å². The first-order chi connectivity index (χ1) is 11.3. The molecule has 1 aliphatic heterocycles. The fourth-order valence-corrected chi connectivity index (χ4v) is 3.78. The Morgan fingerprint density at radius 1 is 1.26 bits per heavy atom. The monoisotopic (exact) mass is 325 g/mol. The van der Waals surface area contributed by atoms with Gasteiger partial charge in [-0.1, -0.05) is 30.3 Å². The summed E-state index contributed by atoms with van der Waals surface area (Å²) >= 11 is 1.70. The summed E-state index contributed by atoms with van der Waals surface area (Å²) in [6, 6.07) is 10.8. The number of nitrogens with zero attached hydrogens (tertiary/aromatic N) is 4. The molecule has 0 aliphatic carbocycles. The fourth-order valence-electron chi connectivity index (χ4n) is 2.95. The molecule has 0 bridgehead atoms. The van der Waals surface area contributed by atoms with Gasteiger partial charge < -0.3 is 5.32 Å². The van der Waals surface area contributed by atoms with E-state index in [1.165, 1.54) is 5.56 Å². The van der Waals surface area contributed by atoms with Crippen LogP contribution >= 0.6 is 11.3 Å². The number of aromatic nitrogens is 4. The largest absolute Gasteiger partial charge is 0.306 e. The summed E-state index contributed by atoms with van der Waals surface area (Å²) in [5.74, 6) is 1.98. The van der Waals surface area contributed by atoms with Gasteiger partial charge in [-0.2, -0.15) is 5.10 Å². The van der Waals surface area contributed by atoms with E-state index < -0.39 is 0 Å². The van der Waals surface area contributed by atoms with Crippen molar-refractivity contribution in [1.29, 1.82) is 0 Å². The van der Waals surface area contributed by atoms with E-state index in [1.807, 2.05) is 29.8 Å². The second-order valence-electron chi connectivity index (χ2n) is 5.88. The molecule has 3 heterocycles. The number of aryl methyl sites for hydroxylation is 2. The van der Waals surface area contributed by atoms with Crippen molar-refractivity contribution in [3.8, 4) is 10.6 Å². The predicted octanol–water partition coefficient (Wildman–Crippen LogP) is 2.81. The van der Waals surface area contributed by atoms with Gasteiger partial charge in [-0.3, -0.25) is 0 Å². The van der Waals surface area contributed by atoms with Crippen molar-refractivity contribution in [3.05, 3.63) is 53.1 Å². The Hall–Kier alpha value is -2.05. The first-order valence-corrected chi connectivity index (χ1v) is 8.79. The molecule has 4 rings (SSSR count). The molecule has 1 unspecified atom stereocenters. The van der Waals surface area contributed by atoms with E-state index in [2.05, 4.69) is 32.9 Å². The zero-order valence-electron chi connectivity index (χ0n) is 13.1. The van der Waals surface area contributed by atoms with Gasteiger partial charge in [0.05, 0.1) is 12.2 Å². The SMILES string of the molecule is Cc1nc2n(n1)CC(NCc1csc(-c3ccccc3)n1)CC2. The molecule has 3 aromatic rings. The van der Waals surface area contributed by atoms with Crippen LogP contribution in [0.4, 0.5) is 0 Å². The number of hydrogen-bond donors (Lipinski definition) is 1. The van der Waals surface area contributed by atoms with Gasteiger partial charge in [0.1, 0.15) is 16.7 Å². The van der Waals surface area contributed by atoms with Gasteiger partial charge >= 0.3 is 0 Å². The zero-order valence-corrected chi connectivity index (χ0v) is 13.9. The van der Waals surface area contributed by atoms with E-state index in [1.54, 1.807) is 11.3 Å². The van der Waals surface area contributed by atoms with Crippen molar-refractivity contribution in [1.82, 2.24) is 25.1 Å². The lowest BCUT2D eigenvalue weighted by Crippen LogP contribution is -2.37. The van der Waals surface area contributed by atoms with Crippen LogP contribution in [0.2, 0.25) is 0 Å². The van der Waals surface area contributed by atoms with Crippen molar-refractivity contribution in [2.24, 2.45) is 0 Å². The summed E-state index contributed by atoms with van der Waals surface area (Å²) in [6.45, 7) is 3.65. The van der Waals surface area contributed by atoms with E-state index in [0.717, 1.165) is 48.3 Å². The highest BCUT2D eigenvalue weighted by atomic mass is 32.1. The molecule has 1 N–H and O–H groups in total. The van der Waals surface area contributed by atoms with E-state index in [-0.39, 0.29) is 0 Å². The van der Waals surface area contributed by atoms with Gasteiger partial charge in [0, 0.05) is 30.0 Å². The lowest BCUT2D eigenvalue weighted by atomic mass is 10.1. The third kappa shape index (κ3) is 3.18. The predicted molar refractivity (Wildman–Crippen MR) is 91.3 cm³/mol. The van der Waals surface area contributed by atoms with Crippen LogP contribution in [0.25, 0.3) is 10.6 Å². The molecule has 0 spiro atoms. The van der Waals surface area contributed by atoms with E-state index >= 15 is 0 Å². The van der Waals surface area contributed by atoms with Gasteiger partial charge in [-0.15, -0.1) is 11.3 Å². The molecule has 5 nitrogen and oxygen atoms in total.